The number of rotatable bonds is 11. The molecule has 0 bridgehead atoms. The van der Waals surface area contributed by atoms with Crippen LogP contribution in [0.25, 0.3) is 0 Å². The fourth-order valence-electron chi connectivity index (χ4n) is 4.22. The van der Waals surface area contributed by atoms with E-state index in [0.29, 0.717) is 17.1 Å². The molecule has 0 spiro atoms. The predicted octanol–water partition coefficient (Wildman–Crippen LogP) is 5.48. The van der Waals surface area contributed by atoms with Crippen molar-refractivity contribution in [1.29, 1.82) is 0 Å². The minimum atomic E-state index is -4.15. The third-order valence-electron chi connectivity index (χ3n) is 6.47. The van der Waals surface area contributed by atoms with Crippen LogP contribution in [0.15, 0.2) is 77.7 Å². The fourth-order valence-corrected chi connectivity index (χ4v) is 5.76. The summed E-state index contributed by atoms with van der Waals surface area (Å²) in [6, 6.07) is 19.6. The lowest BCUT2D eigenvalue weighted by molar-refractivity contribution is -0.140. The molecule has 0 aliphatic rings. The Labute approximate surface area is 236 Å². The number of carbonyl (C=O) groups is 2. The standard InChI is InChI=1S/C30H36ClN3O4S/c1-6-28(30(36)32-21(2)3)33(19-24-10-8-7-9-11-24)29(35)20-34(26-15-12-22(4)23(5)18-26)39(37,38)27-16-13-25(31)14-17-27/h7-18,21,28H,6,19-20H2,1-5H3,(H,32,36)/t28-/m1/s1. The molecule has 0 saturated carbocycles. The van der Waals surface area contributed by atoms with Gasteiger partial charge in [0.1, 0.15) is 12.6 Å². The summed E-state index contributed by atoms with van der Waals surface area (Å²) in [4.78, 5) is 28.7. The van der Waals surface area contributed by atoms with E-state index in [4.69, 9.17) is 11.6 Å². The zero-order valence-electron chi connectivity index (χ0n) is 23.0. The number of halogens is 1. The third kappa shape index (κ3) is 7.61. The minimum absolute atomic E-state index is 0.0112. The Hall–Kier alpha value is -3.36. The summed E-state index contributed by atoms with van der Waals surface area (Å²) in [5.41, 5.74) is 3.08. The molecule has 2 amide bonds. The number of benzene rings is 3. The van der Waals surface area contributed by atoms with Gasteiger partial charge in [0.25, 0.3) is 10.0 Å². The van der Waals surface area contributed by atoms with E-state index in [2.05, 4.69) is 5.32 Å². The quantitative estimate of drug-likeness (QED) is 0.331. The van der Waals surface area contributed by atoms with Gasteiger partial charge in [0.2, 0.25) is 11.8 Å². The number of carbonyl (C=O) groups excluding carboxylic acids is 2. The van der Waals surface area contributed by atoms with Gasteiger partial charge in [-0.3, -0.25) is 13.9 Å². The summed E-state index contributed by atoms with van der Waals surface area (Å²) in [5.74, 6) is -0.768. The van der Waals surface area contributed by atoms with E-state index in [-0.39, 0.29) is 23.4 Å². The van der Waals surface area contributed by atoms with Gasteiger partial charge in [-0.15, -0.1) is 0 Å². The molecular weight excluding hydrogens is 534 g/mol. The normalized spacial score (nSPS) is 12.2. The lowest BCUT2D eigenvalue weighted by Gasteiger charge is -2.33. The lowest BCUT2D eigenvalue weighted by Crippen LogP contribution is -2.53. The van der Waals surface area contributed by atoms with Crippen LogP contribution in [0.5, 0.6) is 0 Å². The monoisotopic (exact) mass is 569 g/mol. The second-order valence-electron chi connectivity index (χ2n) is 9.83. The van der Waals surface area contributed by atoms with Crippen LogP contribution >= 0.6 is 11.6 Å². The first-order chi connectivity index (χ1) is 18.4. The lowest BCUT2D eigenvalue weighted by atomic mass is 10.1. The van der Waals surface area contributed by atoms with Crippen LogP contribution in [0.4, 0.5) is 5.69 Å². The van der Waals surface area contributed by atoms with Gasteiger partial charge >= 0.3 is 0 Å². The molecule has 208 valence electrons. The van der Waals surface area contributed by atoms with E-state index in [9.17, 15) is 18.0 Å². The molecule has 39 heavy (non-hydrogen) atoms. The number of hydrogen-bond acceptors (Lipinski definition) is 4. The summed E-state index contributed by atoms with van der Waals surface area (Å²) in [5, 5.41) is 3.30. The van der Waals surface area contributed by atoms with Crippen molar-refractivity contribution in [3.05, 3.63) is 94.5 Å². The van der Waals surface area contributed by atoms with Crippen molar-refractivity contribution in [2.45, 2.75) is 64.6 Å². The molecule has 0 fully saturated rings. The van der Waals surface area contributed by atoms with Gasteiger partial charge < -0.3 is 10.2 Å². The summed E-state index contributed by atoms with van der Waals surface area (Å²) in [7, 11) is -4.15. The van der Waals surface area contributed by atoms with Gasteiger partial charge in [-0.2, -0.15) is 0 Å². The van der Waals surface area contributed by atoms with E-state index >= 15 is 0 Å². The zero-order valence-corrected chi connectivity index (χ0v) is 24.6. The maximum Gasteiger partial charge on any atom is 0.264 e. The number of nitrogens with one attached hydrogen (secondary N) is 1. The van der Waals surface area contributed by atoms with E-state index in [1.807, 2.05) is 71.0 Å². The molecule has 1 atom stereocenters. The summed E-state index contributed by atoms with van der Waals surface area (Å²) in [6.45, 7) is 9.04. The van der Waals surface area contributed by atoms with E-state index in [0.717, 1.165) is 21.0 Å². The van der Waals surface area contributed by atoms with Crippen molar-refractivity contribution in [2.75, 3.05) is 10.8 Å². The topological polar surface area (TPSA) is 86.8 Å². The largest absolute Gasteiger partial charge is 0.352 e. The number of amides is 2. The highest BCUT2D eigenvalue weighted by Gasteiger charge is 2.34. The molecule has 7 nitrogen and oxygen atoms in total. The number of nitrogens with zero attached hydrogens (tertiary/aromatic N) is 2. The molecular formula is C30H36ClN3O4S. The van der Waals surface area contributed by atoms with Crippen LogP contribution in [-0.2, 0) is 26.2 Å². The van der Waals surface area contributed by atoms with Crippen LogP contribution in [-0.4, -0.2) is 43.8 Å². The first-order valence-electron chi connectivity index (χ1n) is 12.9. The van der Waals surface area contributed by atoms with Crippen LogP contribution in [0.3, 0.4) is 0 Å². The molecule has 0 saturated heterocycles. The molecule has 0 aliphatic carbocycles. The van der Waals surface area contributed by atoms with Crippen molar-refractivity contribution in [3.8, 4) is 0 Å². The molecule has 0 aliphatic heterocycles. The fraction of sp³-hybridized carbons (Fsp3) is 0.333. The maximum atomic E-state index is 14.0. The van der Waals surface area contributed by atoms with Gasteiger partial charge in [-0.1, -0.05) is 54.9 Å². The SMILES string of the molecule is CC[C@H](C(=O)NC(C)C)N(Cc1ccccc1)C(=O)CN(c1ccc(C)c(C)c1)S(=O)(=O)c1ccc(Cl)cc1. The predicted molar refractivity (Wildman–Crippen MR) is 156 cm³/mol. The van der Waals surface area contributed by atoms with Crippen LogP contribution in [0.2, 0.25) is 5.02 Å². The molecule has 3 aromatic rings. The Kier molecular flexibility index (Phi) is 10.2. The summed E-state index contributed by atoms with van der Waals surface area (Å²) < 4.78 is 28.9. The number of anilines is 1. The maximum absolute atomic E-state index is 14.0. The first-order valence-corrected chi connectivity index (χ1v) is 14.7. The minimum Gasteiger partial charge on any atom is -0.352 e. The second kappa shape index (κ2) is 13.1. The summed E-state index contributed by atoms with van der Waals surface area (Å²) >= 11 is 6.01. The molecule has 0 aromatic heterocycles. The van der Waals surface area contributed by atoms with Crippen molar-refractivity contribution in [3.63, 3.8) is 0 Å². The number of hydrogen-bond donors (Lipinski definition) is 1. The van der Waals surface area contributed by atoms with E-state index < -0.39 is 28.5 Å². The molecule has 3 rings (SSSR count). The highest BCUT2D eigenvalue weighted by atomic mass is 35.5. The molecule has 3 aromatic carbocycles. The third-order valence-corrected chi connectivity index (χ3v) is 8.51. The number of sulfonamides is 1. The van der Waals surface area contributed by atoms with Gasteiger partial charge in [-0.05, 0) is 87.2 Å². The van der Waals surface area contributed by atoms with Crippen molar-refractivity contribution >= 4 is 39.1 Å². The van der Waals surface area contributed by atoms with E-state index in [1.165, 1.54) is 29.2 Å². The molecule has 0 unspecified atom stereocenters. The Morgan fingerprint density at radius 2 is 1.56 bits per heavy atom. The number of aryl methyl sites for hydroxylation is 2. The Morgan fingerprint density at radius 3 is 2.13 bits per heavy atom. The van der Waals surface area contributed by atoms with Crippen molar-refractivity contribution in [1.82, 2.24) is 10.2 Å². The first kappa shape index (κ1) is 30.2. The summed E-state index contributed by atoms with van der Waals surface area (Å²) in [6.07, 6.45) is 0.366. The molecule has 9 heteroatoms. The van der Waals surface area contributed by atoms with E-state index in [1.54, 1.807) is 12.1 Å². The van der Waals surface area contributed by atoms with Gasteiger partial charge in [0.05, 0.1) is 10.6 Å². The highest BCUT2D eigenvalue weighted by Crippen LogP contribution is 2.27. The average Bonchev–Trinajstić information content (AvgIpc) is 2.89. The molecule has 0 heterocycles. The molecule has 0 radical (unpaired) electrons. The van der Waals surface area contributed by atoms with Crippen LogP contribution in [0.1, 0.15) is 43.9 Å². The average molecular weight is 570 g/mol. The van der Waals surface area contributed by atoms with Gasteiger partial charge in [0, 0.05) is 17.6 Å². The Balaban J connectivity index is 2.07. The molecule has 1 N–H and O–H groups in total. The Bertz CT molecular complexity index is 1390. The smallest absolute Gasteiger partial charge is 0.264 e. The zero-order chi connectivity index (χ0) is 28.7. The highest BCUT2D eigenvalue weighted by molar-refractivity contribution is 7.92. The Morgan fingerprint density at radius 1 is 0.923 bits per heavy atom. The second-order valence-corrected chi connectivity index (χ2v) is 12.1. The van der Waals surface area contributed by atoms with Crippen molar-refractivity contribution in [2.24, 2.45) is 0 Å². The van der Waals surface area contributed by atoms with Crippen molar-refractivity contribution < 1.29 is 18.0 Å². The van der Waals surface area contributed by atoms with Gasteiger partial charge in [0.15, 0.2) is 0 Å². The van der Waals surface area contributed by atoms with Crippen LogP contribution in [0, 0.1) is 13.8 Å². The van der Waals surface area contributed by atoms with Crippen LogP contribution < -0.4 is 9.62 Å². The van der Waals surface area contributed by atoms with Gasteiger partial charge in [-0.25, -0.2) is 8.42 Å².